The molecule has 0 unspecified atom stereocenters. The molecule has 0 bridgehead atoms. The van der Waals surface area contributed by atoms with Gasteiger partial charge >= 0.3 is 6.05 Å². The molecule has 0 aliphatic rings. The number of nitrogen functional groups attached to an aromatic ring is 1. The lowest BCUT2D eigenvalue weighted by Crippen LogP contribution is -2.25. The van der Waals surface area contributed by atoms with Gasteiger partial charge in [-0.15, -0.1) is 0 Å². The predicted molar refractivity (Wildman–Crippen MR) is 40.6 cm³/mol. The van der Waals surface area contributed by atoms with Crippen molar-refractivity contribution in [3.63, 3.8) is 0 Å². The SMILES string of the molecule is Nc1ccn(C(F)(F)CBr)n1. The van der Waals surface area contributed by atoms with Crippen molar-refractivity contribution < 1.29 is 8.78 Å². The molecule has 2 N–H and O–H groups in total. The fourth-order valence-corrected chi connectivity index (χ4v) is 0.838. The van der Waals surface area contributed by atoms with Gasteiger partial charge in [-0.1, -0.05) is 15.9 Å². The minimum absolute atomic E-state index is 0.0885. The summed E-state index contributed by atoms with van der Waals surface area (Å²) in [5, 5.41) is 2.90. The number of rotatable bonds is 2. The Morgan fingerprint density at radius 2 is 2.36 bits per heavy atom. The molecule has 0 saturated carbocycles. The van der Waals surface area contributed by atoms with Crippen molar-refractivity contribution in [1.29, 1.82) is 0 Å². The molecular weight excluding hydrogens is 220 g/mol. The van der Waals surface area contributed by atoms with Crippen molar-refractivity contribution >= 4 is 21.7 Å². The zero-order valence-corrected chi connectivity index (χ0v) is 7.05. The number of hydrogen-bond donors (Lipinski definition) is 1. The summed E-state index contributed by atoms with van der Waals surface area (Å²) in [4.78, 5) is 0. The zero-order chi connectivity index (χ0) is 8.48. The summed E-state index contributed by atoms with van der Waals surface area (Å²) in [7, 11) is 0. The number of aromatic nitrogens is 2. The van der Waals surface area contributed by atoms with Crippen LogP contribution in [0.3, 0.4) is 0 Å². The van der Waals surface area contributed by atoms with E-state index in [1.807, 2.05) is 0 Å². The Labute approximate surface area is 70.3 Å². The molecule has 6 heteroatoms. The highest BCUT2D eigenvalue weighted by molar-refractivity contribution is 9.09. The highest BCUT2D eigenvalue weighted by atomic mass is 79.9. The number of nitrogens with zero attached hydrogens (tertiary/aromatic N) is 2. The Hall–Kier alpha value is -0.650. The maximum absolute atomic E-state index is 12.7. The Kier molecular flexibility index (Phi) is 2.12. The van der Waals surface area contributed by atoms with Crippen LogP contribution in [0.2, 0.25) is 0 Å². The molecule has 1 heterocycles. The van der Waals surface area contributed by atoms with Gasteiger partial charge in [0.25, 0.3) is 0 Å². The number of alkyl halides is 3. The van der Waals surface area contributed by atoms with Gasteiger partial charge in [-0.3, -0.25) is 0 Å². The third-order valence-electron chi connectivity index (χ3n) is 1.11. The second-order valence-corrected chi connectivity index (χ2v) is 2.55. The van der Waals surface area contributed by atoms with Gasteiger partial charge in [0.05, 0.1) is 5.33 Å². The second-order valence-electron chi connectivity index (χ2n) is 1.98. The van der Waals surface area contributed by atoms with Crippen LogP contribution >= 0.6 is 15.9 Å². The third-order valence-corrected chi connectivity index (χ3v) is 1.78. The van der Waals surface area contributed by atoms with Crippen LogP contribution in [0.4, 0.5) is 14.6 Å². The van der Waals surface area contributed by atoms with Crippen LogP contribution in [0.5, 0.6) is 0 Å². The first-order chi connectivity index (χ1) is 5.06. The van der Waals surface area contributed by atoms with Gasteiger partial charge in [0.1, 0.15) is 5.82 Å². The summed E-state index contributed by atoms with van der Waals surface area (Å²) in [5.74, 6) is 0.0885. The highest BCUT2D eigenvalue weighted by Crippen LogP contribution is 2.22. The molecule has 0 aromatic carbocycles. The van der Waals surface area contributed by atoms with Gasteiger partial charge in [-0.2, -0.15) is 13.9 Å². The summed E-state index contributed by atoms with van der Waals surface area (Å²) in [5.41, 5.74) is 5.15. The molecule has 0 amide bonds. The van der Waals surface area contributed by atoms with E-state index in [2.05, 4.69) is 21.0 Å². The van der Waals surface area contributed by atoms with Gasteiger partial charge in [0, 0.05) is 12.3 Å². The van der Waals surface area contributed by atoms with Crippen LogP contribution in [0.1, 0.15) is 0 Å². The van der Waals surface area contributed by atoms with E-state index in [1.165, 1.54) is 6.07 Å². The molecule has 0 radical (unpaired) electrons. The predicted octanol–water partition coefficient (Wildman–Crippen LogP) is 1.41. The lowest BCUT2D eigenvalue weighted by Gasteiger charge is -2.12. The lowest BCUT2D eigenvalue weighted by molar-refractivity contribution is -0.0654. The van der Waals surface area contributed by atoms with Crippen LogP contribution in [0.15, 0.2) is 12.3 Å². The van der Waals surface area contributed by atoms with Crippen LogP contribution < -0.4 is 5.73 Å². The molecule has 0 aliphatic carbocycles. The topological polar surface area (TPSA) is 43.8 Å². The van der Waals surface area contributed by atoms with Crippen molar-refractivity contribution in [3.8, 4) is 0 Å². The van der Waals surface area contributed by atoms with E-state index >= 15 is 0 Å². The van der Waals surface area contributed by atoms with Crippen LogP contribution in [-0.2, 0) is 6.05 Å². The number of halogens is 3. The van der Waals surface area contributed by atoms with Crippen molar-refractivity contribution in [2.45, 2.75) is 6.05 Å². The molecule has 1 rings (SSSR count). The Bertz CT molecular complexity index is 248. The summed E-state index contributed by atoms with van der Waals surface area (Å²) in [6.07, 6.45) is 1.14. The fraction of sp³-hybridized carbons (Fsp3) is 0.400. The van der Waals surface area contributed by atoms with Crippen LogP contribution in [-0.4, -0.2) is 15.1 Å². The maximum Gasteiger partial charge on any atom is 0.353 e. The zero-order valence-electron chi connectivity index (χ0n) is 5.47. The van der Waals surface area contributed by atoms with Crippen molar-refractivity contribution in [2.24, 2.45) is 0 Å². The van der Waals surface area contributed by atoms with E-state index in [4.69, 9.17) is 5.73 Å². The smallest absolute Gasteiger partial charge is 0.353 e. The summed E-state index contributed by atoms with van der Waals surface area (Å²) in [6, 6.07) is -1.69. The molecule has 0 spiro atoms. The molecule has 62 valence electrons. The monoisotopic (exact) mass is 225 g/mol. The minimum atomic E-state index is -3.00. The van der Waals surface area contributed by atoms with E-state index in [-0.39, 0.29) is 5.82 Å². The minimum Gasteiger partial charge on any atom is -0.382 e. The second kappa shape index (κ2) is 2.77. The summed E-state index contributed by atoms with van der Waals surface area (Å²) >= 11 is 2.67. The van der Waals surface area contributed by atoms with Gasteiger partial charge in [-0.05, 0) is 0 Å². The number of nitrogens with two attached hydrogens (primary N) is 1. The van der Waals surface area contributed by atoms with E-state index in [0.717, 1.165) is 6.20 Å². The maximum atomic E-state index is 12.7. The van der Waals surface area contributed by atoms with Crippen molar-refractivity contribution in [2.75, 3.05) is 11.1 Å². The van der Waals surface area contributed by atoms with Crippen LogP contribution in [0.25, 0.3) is 0 Å². The quantitative estimate of drug-likeness (QED) is 0.774. The van der Waals surface area contributed by atoms with Gasteiger partial charge < -0.3 is 5.73 Å². The standard InChI is InChI=1S/C5H6BrF2N3/c6-3-5(7,8)11-2-1-4(9)10-11/h1-2H,3H2,(H2,9,10). The largest absolute Gasteiger partial charge is 0.382 e. The highest BCUT2D eigenvalue weighted by Gasteiger charge is 2.30. The normalized spacial score (nSPS) is 11.9. The fourth-order valence-electron chi connectivity index (χ4n) is 0.581. The third kappa shape index (κ3) is 1.68. The van der Waals surface area contributed by atoms with E-state index in [1.54, 1.807) is 0 Å². The molecule has 0 aliphatic heterocycles. The Balaban J connectivity index is 2.92. The first kappa shape index (κ1) is 8.45. The molecule has 1 aromatic rings. The molecular formula is C5H6BrF2N3. The van der Waals surface area contributed by atoms with E-state index < -0.39 is 11.4 Å². The molecule has 11 heavy (non-hydrogen) atoms. The molecule has 0 saturated heterocycles. The van der Waals surface area contributed by atoms with Gasteiger partial charge in [-0.25, -0.2) is 4.68 Å². The van der Waals surface area contributed by atoms with Crippen molar-refractivity contribution in [1.82, 2.24) is 9.78 Å². The first-order valence-electron chi connectivity index (χ1n) is 2.81. The average molecular weight is 226 g/mol. The van der Waals surface area contributed by atoms with E-state index in [0.29, 0.717) is 4.68 Å². The summed E-state index contributed by atoms with van der Waals surface area (Å²) in [6.45, 7) is 0. The number of hydrogen-bond acceptors (Lipinski definition) is 2. The Morgan fingerprint density at radius 1 is 1.73 bits per heavy atom. The van der Waals surface area contributed by atoms with E-state index in [9.17, 15) is 8.78 Å². The van der Waals surface area contributed by atoms with Crippen LogP contribution in [0, 0.1) is 0 Å². The molecule has 0 atom stereocenters. The lowest BCUT2D eigenvalue weighted by atomic mass is 10.6. The van der Waals surface area contributed by atoms with Gasteiger partial charge in [0.15, 0.2) is 0 Å². The van der Waals surface area contributed by atoms with Crippen molar-refractivity contribution in [3.05, 3.63) is 12.3 Å². The average Bonchev–Trinajstić information content (AvgIpc) is 2.36. The Morgan fingerprint density at radius 3 is 2.73 bits per heavy atom. The number of anilines is 1. The van der Waals surface area contributed by atoms with Gasteiger partial charge in [0.2, 0.25) is 0 Å². The molecule has 1 aromatic heterocycles. The molecule has 0 fully saturated rings. The molecule has 3 nitrogen and oxygen atoms in total. The first-order valence-corrected chi connectivity index (χ1v) is 3.94. The summed E-state index contributed by atoms with van der Waals surface area (Å²) < 4.78 is 25.9.